The Balaban J connectivity index is 1.77. The third-order valence-corrected chi connectivity index (χ3v) is 5.52. The van der Waals surface area contributed by atoms with Gasteiger partial charge in [0, 0.05) is 28.6 Å². The molecule has 1 aromatic carbocycles. The highest BCUT2D eigenvalue weighted by molar-refractivity contribution is 7.17. The zero-order chi connectivity index (χ0) is 14.2. The van der Waals surface area contributed by atoms with Crippen LogP contribution in [0.4, 0.5) is 0 Å². The van der Waals surface area contributed by atoms with Gasteiger partial charge < -0.3 is 5.73 Å². The number of aryl methyl sites for hydroxylation is 1. The molecule has 2 aromatic heterocycles. The summed E-state index contributed by atoms with van der Waals surface area (Å²) in [6.45, 7) is 0. The lowest BCUT2D eigenvalue weighted by Gasteiger charge is -2.29. The molecule has 0 saturated carbocycles. The molecule has 0 radical (unpaired) electrons. The molecule has 2 N–H and O–H groups in total. The number of nitrogens with two attached hydrogens (primary N) is 1. The maximum Gasteiger partial charge on any atom is 0.0485 e. The summed E-state index contributed by atoms with van der Waals surface area (Å²) in [6, 6.07) is 12.8. The molecule has 2 heterocycles. The fourth-order valence-electron chi connectivity index (χ4n) is 3.47. The third-order valence-electron chi connectivity index (χ3n) is 4.54. The summed E-state index contributed by atoms with van der Waals surface area (Å²) in [4.78, 5) is 4.64. The summed E-state index contributed by atoms with van der Waals surface area (Å²) in [6.07, 6.45) is 5.38. The van der Waals surface area contributed by atoms with Crippen molar-refractivity contribution in [2.45, 2.75) is 31.2 Å². The minimum Gasteiger partial charge on any atom is -0.323 e. The van der Waals surface area contributed by atoms with Crippen LogP contribution in [0.1, 0.15) is 41.6 Å². The summed E-state index contributed by atoms with van der Waals surface area (Å²) >= 11 is 1.79. The van der Waals surface area contributed by atoms with Gasteiger partial charge in [0.2, 0.25) is 0 Å². The van der Waals surface area contributed by atoms with Crippen molar-refractivity contribution in [3.05, 3.63) is 64.8 Å². The van der Waals surface area contributed by atoms with E-state index in [1.807, 2.05) is 12.3 Å². The van der Waals surface area contributed by atoms with E-state index in [1.165, 1.54) is 33.3 Å². The largest absolute Gasteiger partial charge is 0.323 e. The molecule has 4 rings (SSSR count). The fourth-order valence-corrected chi connectivity index (χ4v) is 4.48. The number of thiophene rings is 1. The van der Waals surface area contributed by atoms with Gasteiger partial charge in [-0.05, 0) is 53.3 Å². The van der Waals surface area contributed by atoms with Gasteiger partial charge in [0.25, 0.3) is 0 Å². The molecule has 2 atom stereocenters. The second-order valence-electron chi connectivity index (χ2n) is 5.76. The van der Waals surface area contributed by atoms with Gasteiger partial charge in [-0.15, -0.1) is 11.3 Å². The van der Waals surface area contributed by atoms with Gasteiger partial charge in [-0.1, -0.05) is 24.3 Å². The molecule has 1 aliphatic rings. The van der Waals surface area contributed by atoms with Gasteiger partial charge in [-0.2, -0.15) is 0 Å². The second-order valence-corrected chi connectivity index (χ2v) is 6.67. The monoisotopic (exact) mass is 294 g/mol. The first-order chi connectivity index (χ1) is 10.3. The molecular formula is C18H18N2S. The first-order valence-corrected chi connectivity index (χ1v) is 8.38. The molecule has 2 nitrogen and oxygen atoms in total. The summed E-state index contributed by atoms with van der Waals surface area (Å²) in [7, 11) is 0. The predicted molar refractivity (Wildman–Crippen MR) is 88.7 cm³/mol. The number of hydrogen-bond acceptors (Lipinski definition) is 3. The zero-order valence-electron chi connectivity index (χ0n) is 11.8. The zero-order valence-corrected chi connectivity index (χ0v) is 12.6. The van der Waals surface area contributed by atoms with E-state index in [-0.39, 0.29) is 6.04 Å². The highest BCUT2D eigenvalue weighted by atomic mass is 32.1. The van der Waals surface area contributed by atoms with E-state index in [0.717, 1.165) is 12.8 Å². The number of rotatable bonds is 2. The number of benzene rings is 1. The van der Waals surface area contributed by atoms with E-state index >= 15 is 0 Å². The van der Waals surface area contributed by atoms with Crippen molar-refractivity contribution in [1.29, 1.82) is 0 Å². The fraction of sp³-hybridized carbons (Fsp3) is 0.278. The van der Waals surface area contributed by atoms with Crippen molar-refractivity contribution in [3.63, 3.8) is 0 Å². The Morgan fingerprint density at radius 1 is 1.19 bits per heavy atom. The Morgan fingerprint density at radius 2 is 2.10 bits per heavy atom. The quantitative estimate of drug-likeness (QED) is 0.760. The van der Waals surface area contributed by atoms with E-state index in [4.69, 9.17) is 5.73 Å². The van der Waals surface area contributed by atoms with Crippen molar-refractivity contribution in [1.82, 2.24) is 4.98 Å². The normalized spacial score (nSPS) is 19.4. The van der Waals surface area contributed by atoms with Gasteiger partial charge in [0.1, 0.15) is 0 Å². The van der Waals surface area contributed by atoms with Gasteiger partial charge >= 0.3 is 0 Å². The van der Waals surface area contributed by atoms with Crippen LogP contribution in [0, 0.1) is 0 Å². The highest BCUT2D eigenvalue weighted by Gasteiger charge is 2.28. The van der Waals surface area contributed by atoms with Gasteiger partial charge in [-0.25, -0.2) is 0 Å². The summed E-state index contributed by atoms with van der Waals surface area (Å²) in [5, 5.41) is 3.53. The Bertz CT molecular complexity index is 777. The molecule has 106 valence electrons. The predicted octanol–water partition coefficient (Wildman–Crippen LogP) is 4.42. The van der Waals surface area contributed by atoms with Crippen molar-refractivity contribution >= 4 is 21.4 Å². The molecule has 0 spiro atoms. The first kappa shape index (κ1) is 13.0. The molecule has 3 heteroatoms. The number of fused-ring (bicyclic) bond motifs is 2. The summed E-state index contributed by atoms with van der Waals surface area (Å²) < 4.78 is 1.32. The van der Waals surface area contributed by atoms with Gasteiger partial charge in [0.05, 0.1) is 0 Å². The van der Waals surface area contributed by atoms with E-state index in [0.29, 0.717) is 5.92 Å². The van der Waals surface area contributed by atoms with Crippen molar-refractivity contribution < 1.29 is 0 Å². The minimum atomic E-state index is 0.0371. The van der Waals surface area contributed by atoms with Crippen LogP contribution in [-0.2, 0) is 6.42 Å². The molecule has 2 unspecified atom stereocenters. The summed E-state index contributed by atoms with van der Waals surface area (Å²) in [5.41, 5.74) is 10.5. The lowest BCUT2D eigenvalue weighted by atomic mass is 9.80. The van der Waals surface area contributed by atoms with E-state index < -0.39 is 0 Å². The van der Waals surface area contributed by atoms with Gasteiger partial charge in [0.15, 0.2) is 0 Å². The van der Waals surface area contributed by atoms with E-state index in [1.54, 1.807) is 11.3 Å². The van der Waals surface area contributed by atoms with Crippen LogP contribution >= 0.6 is 11.3 Å². The maximum absolute atomic E-state index is 6.66. The van der Waals surface area contributed by atoms with Crippen LogP contribution in [0.2, 0.25) is 0 Å². The molecule has 1 aliphatic carbocycles. The van der Waals surface area contributed by atoms with Crippen LogP contribution in [0.25, 0.3) is 10.1 Å². The molecular weight excluding hydrogens is 276 g/mol. The highest BCUT2D eigenvalue weighted by Crippen LogP contribution is 2.41. The number of pyridine rings is 1. The van der Waals surface area contributed by atoms with Crippen LogP contribution < -0.4 is 5.73 Å². The van der Waals surface area contributed by atoms with Gasteiger partial charge in [-0.3, -0.25) is 4.98 Å². The van der Waals surface area contributed by atoms with E-state index in [9.17, 15) is 0 Å². The van der Waals surface area contributed by atoms with Crippen LogP contribution in [0.3, 0.4) is 0 Å². The van der Waals surface area contributed by atoms with Crippen molar-refractivity contribution in [3.8, 4) is 0 Å². The average Bonchev–Trinajstić information content (AvgIpc) is 2.98. The molecule has 0 saturated heterocycles. The van der Waals surface area contributed by atoms with Crippen LogP contribution in [0.5, 0.6) is 0 Å². The average molecular weight is 294 g/mol. The number of nitrogens with zero attached hydrogens (tertiary/aromatic N) is 1. The SMILES string of the molecule is NC(c1csc2ccccc12)C1CCCc2cccnc21. The molecule has 0 fully saturated rings. The first-order valence-electron chi connectivity index (χ1n) is 7.50. The summed E-state index contributed by atoms with van der Waals surface area (Å²) in [5.74, 6) is 0.341. The Hall–Kier alpha value is -1.71. The topological polar surface area (TPSA) is 38.9 Å². The lowest BCUT2D eigenvalue weighted by molar-refractivity contribution is 0.465. The smallest absolute Gasteiger partial charge is 0.0485 e. The van der Waals surface area contributed by atoms with Crippen LogP contribution in [0.15, 0.2) is 48.0 Å². The second kappa shape index (κ2) is 5.24. The van der Waals surface area contributed by atoms with Crippen molar-refractivity contribution in [2.24, 2.45) is 5.73 Å². The number of hydrogen-bond donors (Lipinski definition) is 1. The standard InChI is InChI=1S/C18H18N2S/c19-17(15-11-21-16-9-2-1-7-13(15)16)14-8-3-5-12-6-4-10-20-18(12)14/h1-2,4,6-7,9-11,14,17H,3,5,8,19H2. The maximum atomic E-state index is 6.66. The Morgan fingerprint density at radius 3 is 3.05 bits per heavy atom. The minimum absolute atomic E-state index is 0.0371. The van der Waals surface area contributed by atoms with Crippen molar-refractivity contribution in [2.75, 3.05) is 0 Å². The molecule has 0 amide bonds. The Labute approximate surface area is 128 Å². The molecule has 0 bridgehead atoms. The molecule has 3 aromatic rings. The molecule has 21 heavy (non-hydrogen) atoms. The number of aromatic nitrogens is 1. The molecule has 0 aliphatic heterocycles. The van der Waals surface area contributed by atoms with Crippen LogP contribution in [-0.4, -0.2) is 4.98 Å². The lowest BCUT2D eigenvalue weighted by Crippen LogP contribution is -2.24. The Kier molecular flexibility index (Phi) is 3.24. The van der Waals surface area contributed by atoms with E-state index in [2.05, 4.69) is 40.7 Å². The third kappa shape index (κ3) is 2.17.